The number of rotatable bonds is 25. The molecule has 0 aromatic rings. The second-order valence-electron chi connectivity index (χ2n) is 11.7. The summed E-state index contributed by atoms with van der Waals surface area (Å²) in [6.45, 7) is 9.22. The number of alkyl halides is 1. The number of terminal acetylenes is 1. The van der Waals surface area contributed by atoms with Gasteiger partial charge in [-0.25, -0.2) is 0 Å². The minimum atomic E-state index is 0.223. The molecule has 0 saturated carbocycles. The van der Waals surface area contributed by atoms with Gasteiger partial charge in [0.25, 0.3) is 0 Å². The maximum Gasteiger partial charge on any atom is 0.140 e. The number of unbranched alkanes of at least 4 members (excludes halogenated alkanes) is 18. The van der Waals surface area contributed by atoms with Gasteiger partial charge in [0.1, 0.15) is 6.54 Å². The van der Waals surface area contributed by atoms with Crippen molar-refractivity contribution in [3.8, 4) is 12.3 Å². The number of hydrogen-bond acceptors (Lipinski definition) is 0. The highest BCUT2D eigenvalue weighted by atomic mass is 127. The highest BCUT2D eigenvalue weighted by Gasteiger charge is 2.36. The van der Waals surface area contributed by atoms with Gasteiger partial charge >= 0.3 is 0 Å². The second kappa shape index (κ2) is 22.7. The quantitative estimate of drug-likeness (QED) is 0.0317. The summed E-state index contributed by atoms with van der Waals surface area (Å²) in [4.78, 5) is 0. The zero-order valence-corrected chi connectivity index (χ0v) is 26.5. The molecule has 1 unspecified atom stereocenters. The van der Waals surface area contributed by atoms with E-state index in [9.17, 15) is 0 Å². The van der Waals surface area contributed by atoms with Crippen LogP contribution in [0.15, 0.2) is 24.3 Å². The van der Waals surface area contributed by atoms with Gasteiger partial charge < -0.3 is 4.48 Å². The van der Waals surface area contributed by atoms with E-state index in [1.165, 1.54) is 148 Å². The Bertz CT molecular complexity index is 577. The fourth-order valence-corrected chi connectivity index (χ4v) is 7.05. The highest BCUT2D eigenvalue weighted by molar-refractivity contribution is 14.1. The Labute approximate surface area is 241 Å². The van der Waals surface area contributed by atoms with Crippen LogP contribution in [0.2, 0.25) is 0 Å². The van der Waals surface area contributed by atoms with E-state index in [-0.39, 0.29) is 3.42 Å². The third-order valence-corrected chi connectivity index (χ3v) is 9.24. The summed E-state index contributed by atoms with van der Waals surface area (Å²) in [5.74, 6) is 3.11. The topological polar surface area (TPSA) is 0 Å². The lowest BCUT2D eigenvalue weighted by Gasteiger charge is -2.42. The smallest absolute Gasteiger partial charge is 0.140 e. The van der Waals surface area contributed by atoms with Gasteiger partial charge in [-0.1, -0.05) is 163 Å². The first-order valence-electron chi connectivity index (χ1n) is 15.9. The summed E-state index contributed by atoms with van der Waals surface area (Å²) in [5, 5.41) is 0. The van der Waals surface area contributed by atoms with Gasteiger partial charge in [0.2, 0.25) is 0 Å². The van der Waals surface area contributed by atoms with Crippen molar-refractivity contribution in [1.29, 1.82) is 0 Å². The first-order valence-corrected chi connectivity index (χ1v) is 17.0. The van der Waals surface area contributed by atoms with Crippen LogP contribution >= 0.6 is 22.6 Å². The van der Waals surface area contributed by atoms with Gasteiger partial charge in [-0.05, 0) is 38.0 Å². The minimum Gasteiger partial charge on any atom is -0.312 e. The molecule has 1 atom stereocenters. The zero-order chi connectivity index (χ0) is 26.2. The van der Waals surface area contributed by atoms with Crippen molar-refractivity contribution in [3.05, 3.63) is 24.3 Å². The Morgan fingerprint density at radius 2 is 1.08 bits per heavy atom. The molecular weight excluding hydrogens is 549 g/mol. The lowest BCUT2D eigenvalue weighted by atomic mass is 9.97. The minimum absolute atomic E-state index is 0.223. The molecule has 2 heteroatoms. The maximum absolute atomic E-state index is 6.00. The molecule has 0 aliphatic heterocycles. The Hall–Kier alpha value is -0.270. The van der Waals surface area contributed by atoms with E-state index in [4.69, 9.17) is 6.42 Å². The van der Waals surface area contributed by atoms with Crippen LogP contribution < -0.4 is 0 Å². The number of halogens is 1. The van der Waals surface area contributed by atoms with Crippen molar-refractivity contribution < 1.29 is 4.48 Å². The molecule has 1 aliphatic rings. The normalized spacial score (nSPS) is 17.5. The fraction of sp³-hybridized carbons (Fsp3) is 0.824. The van der Waals surface area contributed by atoms with E-state index >= 15 is 0 Å². The van der Waals surface area contributed by atoms with Crippen molar-refractivity contribution in [1.82, 2.24) is 0 Å². The third kappa shape index (κ3) is 17.3. The van der Waals surface area contributed by atoms with Crippen LogP contribution in [0.4, 0.5) is 0 Å². The van der Waals surface area contributed by atoms with Crippen molar-refractivity contribution in [2.75, 3.05) is 26.2 Å². The first kappa shape index (κ1) is 33.8. The Morgan fingerprint density at radius 1 is 0.667 bits per heavy atom. The summed E-state index contributed by atoms with van der Waals surface area (Å²) in [5.41, 5.74) is 0. The molecule has 0 radical (unpaired) electrons. The molecule has 0 fully saturated rings. The fourth-order valence-electron chi connectivity index (χ4n) is 5.86. The molecule has 0 aromatic carbocycles. The predicted molar refractivity (Wildman–Crippen MR) is 172 cm³/mol. The monoisotopic (exact) mass is 610 g/mol. The second-order valence-corrected chi connectivity index (χ2v) is 13.8. The standard InChI is InChI=1S/C34H61IN/c1-4-7-9-11-13-15-17-19-21-26-31-36(30-6-3,33-34(35)28-24-23-25-29-34)32-27-22-20-18-16-14-12-10-8-5-2/h3,23-25,28H,4-5,7-22,26-27,29-33H2,1-2H3/q+1. The van der Waals surface area contributed by atoms with Gasteiger partial charge in [0, 0.05) is 0 Å². The van der Waals surface area contributed by atoms with Crippen LogP contribution in [0.3, 0.4) is 0 Å². The van der Waals surface area contributed by atoms with E-state index in [2.05, 4.69) is 66.7 Å². The van der Waals surface area contributed by atoms with Gasteiger partial charge in [0.05, 0.1) is 23.1 Å². The Balaban J connectivity index is 2.45. The SMILES string of the molecule is C#CC[N+](CCCCCCCCCCCC)(CCCCCCCCCCCC)CC1(I)C=CC=CC1. The lowest BCUT2D eigenvalue weighted by Crippen LogP contribution is -2.55. The van der Waals surface area contributed by atoms with Crippen LogP contribution in [-0.4, -0.2) is 34.1 Å². The van der Waals surface area contributed by atoms with Crippen LogP contribution in [-0.2, 0) is 0 Å². The molecule has 0 aromatic heterocycles. The molecule has 1 aliphatic carbocycles. The molecular formula is C34H61IN+. The number of nitrogens with zero attached hydrogens (tertiary/aromatic N) is 1. The van der Waals surface area contributed by atoms with Crippen LogP contribution in [0.25, 0.3) is 0 Å². The molecule has 0 saturated heterocycles. The zero-order valence-electron chi connectivity index (χ0n) is 24.4. The van der Waals surface area contributed by atoms with Gasteiger partial charge in [0.15, 0.2) is 0 Å². The third-order valence-electron chi connectivity index (χ3n) is 8.10. The van der Waals surface area contributed by atoms with E-state index in [1.54, 1.807) is 0 Å². The maximum atomic E-state index is 6.00. The average molecular weight is 611 g/mol. The van der Waals surface area contributed by atoms with E-state index in [0.717, 1.165) is 17.4 Å². The first-order chi connectivity index (χ1) is 17.6. The van der Waals surface area contributed by atoms with Crippen LogP contribution in [0.5, 0.6) is 0 Å². The number of hydrogen-bond donors (Lipinski definition) is 0. The molecule has 208 valence electrons. The number of quaternary nitrogens is 1. The summed E-state index contributed by atoms with van der Waals surface area (Å²) in [6, 6.07) is 0. The summed E-state index contributed by atoms with van der Waals surface area (Å²) in [6.07, 6.45) is 44.5. The molecule has 0 amide bonds. The van der Waals surface area contributed by atoms with Crippen molar-refractivity contribution in [2.45, 2.75) is 152 Å². The molecule has 0 heterocycles. The summed E-state index contributed by atoms with van der Waals surface area (Å²) in [7, 11) is 0. The predicted octanol–water partition coefficient (Wildman–Crippen LogP) is 11.0. The average Bonchev–Trinajstić information content (AvgIpc) is 2.86. The molecule has 0 bridgehead atoms. The van der Waals surface area contributed by atoms with Crippen LogP contribution in [0.1, 0.15) is 149 Å². The molecule has 36 heavy (non-hydrogen) atoms. The number of allylic oxidation sites excluding steroid dienone is 3. The molecule has 0 spiro atoms. The Morgan fingerprint density at radius 3 is 1.44 bits per heavy atom. The van der Waals surface area contributed by atoms with Crippen molar-refractivity contribution >= 4 is 22.6 Å². The van der Waals surface area contributed by atoms with Gasteiger partial charge in [-0.15, -0.1) is 6.42 Å². The van der Waals surface area contributed by atoms with E-state index in [0.29, 0.717) is 0 Å². The molecule has 1 rings (SSSR count). The van der Waals surface area contributed by atoms with Crippen molar-refractivity contribution in [2.24, 2.45) is 0 Å². The van der Waals surface area contributed by atoms with Gasteiger partial charge in [-0.2, -0.15) is 0 Å². The summed E-state index contributed by atoms with van der Waals surface area (Å²) < 4.78 is 1.35. The highest BCUT2D eigenvalue weighted by Crippen LogP contribution is 2.33. The van der Waals surface area contributed by atoms with E-state index < -0.39 is 0 Å². The van der Waals surface area contributed by atoms with Crippen LogP contribution in [0, 0.1) is 12.3 Å². The summed E-state index contributed by atoms with van der Waals surface area (Å²) >= 11 is 2.72. The lowest BCUT2D eigenvalue weighted by molar-refractivity contribution is -0.922. The van der Waals surface area contributed by atoms with Gasteiger partial charge in [-0.3, -0.25) is 0 Å². The Kier molecular flexibility index (Phi) is 21.3. The van der Waals surface area contributed by atoms with E-state index in [1.807, 2.05) is 0 Å². The van der Waals surface area contributed by atoms with Crippen molar-refractivity contribution in [3.63, 3.8) is 0 Å². The molecule has 0 N–H and O–H groups in total. The molecule has 1 nitrogen and oxygen atoms in total. The largest absolute Gasteiger partial charge is 0.312 e.